The van der Waals surface area contributed by atoms with E-state index in [0.717, 1.165) is 28.6 Å². The molecule has 0 unspecified atom stereocenters. The Morgan fingerprint density at radius 1 is 1.18 bits per heavy atom. The van der Waals surface area contributed by atoms with Gasteiger partial charge in [0.15, 0.2) is 0 Å². The van der Waals surface area contributed by atoms with Gasteiger partial charge in [0, 0.05) is 18.5 Å². The highest BCUT2D eigenvalue weighted by atomic mass is 79.9. The van der Waals surface area contributed by atoms with Crippen molar-refractivity contribution >= 4 is 32.4 Å². The van der Waals surface area contributed by atoms with Gasteiger partial charge in [-0.3, -0.25) is 0 Å². The Balaban J connectivity index is 2.77. The van der Waals surface area contributed by atoms with Gasteiger partial charge in [-0.2, -0.15) is 0 Å². The molecule has 0 aromatic heterocycles. The van der Waals surface area contributed by atoms with Crippen LogP contribution in [0, 0.1) is 0 Å². The summed E-state index contributed by atoms with van der Waals surface area (Å²) in [6, 6.07) is 9.93. The van der Waals surface area contributed by atoms with Crippen molar-refractivity contribution in [1.82, 2.24) is 0 Å². The Hall–Kier alpha value is -1.22. The van der Waals surface area contributed by atoms with Gasteiger partial charge in [-0.1, -0.05) is 24.3 Å². The van der Waals surface area contributed by atoms with Crippen LogP contribution in [0.15, 0.2) is 34.8 Å². The van der Waals surface area contributed by atoms with Gasteiger partial charge < -0.3 is 10.0 Å². The number of hydrogen-bond donors (Lipinski definition) is 1. The molecule has 0 heterocycles. The Morgan fingerprint density at radius 2 is 1.82 bits per heavy atom. The zero-order chi connectivity index (χ0) is 12.4. The molecule has 2 aromatic carbocycles. The fraction of sp³-hybridized carbons (Fsp3) is 0.286. The Morgan fingerprint density at radius 3 is 2.47 bits per heavy atom. The van der Waals surface area contributed by atoms with E-state index < -0.39 is 0 Å². The lowest BCUT2D eigenvalue weighted by Gasteiger charge is -2.24. The van der Waals surface area contributed by atoms with Gasteiger partial charge in [0.05, 0.1) is 10.2 Å². The highest BCUT2D eigenvalue weighted by Gasteiger charge is 2.14. The molecule has 0 radical (unpaired) electrons. The molecule has 3 heteroatoms. The van der Waals surface area contributed by atoms with E-state index in [0.29, 0.717) is 5.75 Å². The van der Waals surface area contributed by atoms with E-state index in [4.69, 9.17) is 0 Å². The summed E-state index contributed by atoms with van der Waals surface area (Å²) in [5, 5.41) is 12.2. The van der Waals surface area contributed by atoms with Crippen LogP contribution in [0.3, 0.4) is 0 Å². The van der Waals surface area contributed by atoms with Crippen LogP contribution >= 0.6 is 15.9 Å². The molecule has 2 nitrogen and oxygen atoms in total. The summed E-state index contributed by atoms with van der Waals surface area (Å²) in [7, 11) is 0. The number of aromatic hydroxyl groups is 1. The van der Waals surface area contributed by atoms with Crippen LogP contribution in [-0.4, -0.2) is 18.2 Å². The van der Waals surface area contributed by atoms with Crippen molar-refractivity contribution in [3.05, 3.63) is 34.8 Å². The molecule has 0 bridgehead atoms. The van der Waals surface area contributed by atoms with Crippen LogP contribution in [0.2, 0.25) is 0 Å². The van der Waals surface area contributed by atoms with Gasteiger partial charge in [-0.05, 0) is 41.2 Å². The number of phenolic OH excluding ortho intramolecular Hbond substituents is 1. The van der Waals surface area contributed by atoms with Crippen LogP contribution < -0.4 is 4.90 Å². The molecule has 0 saturated heterocycles. The molecule has 0 spiro atoms. The van der Waals surface area contributed by atoms with E-state index in [1.54, 1.807) is 6.07 Å². The minimum atomic E-state index is 0.297. The molecule has 0 aliphatic rings. The van der Waals surface area contributed by atoms with Crippen molar-refractivity contribution in [2.75, 3.05) is 18.0 Å². The lowest BCUT2D eigenvalue weighted by atomic mass is 10.1. The van der Waals surface area contributed by atoms with E-state index in [1.165, 1.54) is 5.39 Å². The highest BCUT2D eigenvalue weighted by molar-refractivity contribution is 9.10. The molecule has 0 saturated carbocycles. The molecular weight excluding hydrogens is 278 g/mol. The maximum absolute atomic E-state index is 9.96. The molecule has 90 valence electrons. The van der Waals surface area contributed by atoms with Crippen LogP contribution in [0.1, 0.15) is 13.8 Å². The minimum absolute atomic E-state index is 0.297. The number of benzene rings is 2. The predicted octanol–water partition coefficient (Wildman–Crippen LogP) is 4.15. The topological polar surface area (TPSA) is 23.5 Å². The summed E-state index contributed by atoms with van der Waals surface area (Å²) in [4.78, 5) is 2.24. The average Bonchev–Trinajstić information content (AvgIpc) is 2.35. The Bertz CT molecular complexity index is 535. The normalized spacial score (nSPS) is 10.8. The molecule has 0 aliphatic heterocycles. The molecule has 17 heavy (non-hydrogen) atoms. The standard InChI is InChI=1S/C14H16BrNO/c1-3-16(4-2)14-11-8-6-5-7-10(11)9-12(17)13(14)15/h5-9,17H,3-4H2,1-2H3. The highest BCUT2D eigenvalue weighted by Crippen LogP contribution is 2.40. The van der Waals surface area contributed by atoms with Gasteiger partial charge in [0.1, 0.15) is 5.75 Å². The first kappa shape index (κ1) is 12.2. The average molecular weight is 294 g/mol. The maximum atomic E-state index is 9.96. The number of hydrogen-bond acceptors (Lipinski definition) is 2. The van der Waals surface area contributed by atoms with Gasteiger partial charge in [-0.25, -0.2) is 0 Å². The van der Waals surface area contributed by atoms with Gasteiger partial charge in [0.25, 0.3) is 0 Å². The number of anilines is 1. The maximum Gasteiger partial charge on any atom is 0.132 e. The monoisotopic (exact) mass is 293 g/mol. The van der Waals surface area contributed by atoms with Gasteiger partial charge >= 0.3 is 0 Å². The summed E-state index contributed by atoms with van der Waals surface area (Å²) in [6.07, 6.45) is 0. The Labute approximate surface area is 110 Å². The fourth-order valence-corrected chi connectivity index (χ4v) is 2.72. The summed E-state index contributed by atoms with van der Waals surface area (Å²) >= 11 is 3.49. The molecule has 0 aliphatic carbocycles. The lowest BCUT2D eigenvalue weighted by molar-refractivity contribution is 0.472. The first-order chi connectivity index (χ1) is 8.19. The second-order valence-corrected chi connectivity index (χ2v) is 4.74. The van der Waals surface area contributed by atoms with Crippen molar-refractivity contribution in [3.63, 3.8) is 0 Å². The third-order valence-corrected chi connectivity index (χ3v) is 3.80. The van der Waals surface area contributed by atoms with Crippen LogP contribution in [0.5, 0.6) is 5.75 Å². The van der Waals surface area contributed by atoms with Crippen molar-refractivity contribution in [2.24, 2.45) is 0 Å². The third-order valence-electron chi connectivity index (χ3n) is 3.02. The van der Waals surface area contributed by atoms with Gasteiger partial charge in [0.2, 0.25) is 0 Å². The minimum Gasteiger partial charge on any atom is -0.507 e. The molecule has 0 atom stereocenters. The smallest absolute Gasteiger partial charge is 0.132 e. The second-order valence-electron chi connectivity index (χ2n) is 3.95. The van der Waals surface area contributed by atoms with E-state index in [1.807, 2.05) is 18.2 Å². The number of rotatable bonds is 3. The second kappa shape index (κ2) is 4.96. The first-order valence-corrected chi connectivity index (χ1v) is 6.63. The van der Waals surface area contributed by atoms with E-state index in [2.05, 4.69) is 40.7 Å². The molecular formula is C14H16BrNO. The molecule has 0 fully saturated rings. The van der Waals surface area contributed by atoms with Crippen molar-refractivity contribution in [2.45, 2.75) is 13.8 Å². The summed E-state index contributed by atoms with van der Waals surface area (Å²) in [5.41, 5.74) is 1.07. The molecule has 2 aromatic rings. The number of phenols is 1. The van der Waals surface area contributed by atoms with Gasteiger partial charge in [-0.15, -0.1) is 0 Å². The first-order valence-electron chi connectivity index (χ1n) is 5.84. The molecule has 0 amide bonds. The van der Waals surface area contributed by atoms with Crippen LogP contribution in [0.25, 0.3) is 10.8 Å². The summed E-state index contributed by atoms with van der Waals surface area (Å²) in [6.45, 7) is 6.08. The predicted molar refractivity (Wildman–Crippen MR) is 76.9 cm³/mol. The van der Waals surface area contributed by atoms with Crippen LogP contribution in [-0.2, 0) is 0 Å². The number of fused-ring (bicyclic) bond motifs is 1. The van der Waals surface area contributed by atoms with Crippen LogP contribution in [0.4, 0.5) is 5.69 Å². The van der Waals surface area contributed by atoms with Crippen molar-refractivity contribution < 1.29 is 5.11 Å². The SMILES string of the molecule is CCN(CC)c1c(Br)c(O)cc2ccccc12. The quantitative estimate of drug-likeness (QED) is 0.919. The zero-order valence-electron chi connectivity index (χ0n) is 10.1. The fourth-order valence-electron chi connectivity index (χ4n) is 2.14. The van der Waals surface area contributed by atoms with E-state index in [9.17, 15) is 5.11 Å². The number of halogens is 1. The number of nitrogens with zero attached hydrogens (tertiary/aromatic N) is 1. The zero-order valence-corrected chi connectivity index (χ0v) is 11.7. The lowest BCUT2D eigenvalue weighted by Crippen LogP contribution is -2.22. The summed E-state index contributed by atoms with van der Waals surface area (Å²) in [5.74, 6) is 0.297. The van der Waals surface area contributed by atoms with E-state index >= 15 is 0 Å². The third kappa shape index (κ3) is 2.12. The molecule has 2 rings (SSSR count). The van der Waals surface area contributed by atoms with E-state index in [-0.39, 0.29) is 0 Å². The van der Waals surface area contributed by atoms with Crippen molar-refractivity contribution in [3.8, 4) is 5.75 Å². The molecule has 1 N–H and O–H groups in total. The largest absolute Gasteiger partial charge is 0.507 e. The summed E-state index contributed by atoms with van der Waals surface area (Å²) < 4.78 is 0.778. The van der Waals surface area contributed by atoms with Crippen molar-refractivity contribution in [1.29, 1.82) is 0 Å². The Kier molecular flexibility index (Phi) is 3.57.